The topological polar surface area (TPSA) is 82.6 Å². The maximum absolute atomic E-state index is 12.6. The Bertz CT molecular complexity index is 1250. The van der Waals surface area contributed by atoms with Crippen LogP contribution in [0.5, 0.6) is 17.2 Å². The summed E-state index contributed by atoms with van der Waals surface area (Å²) in [4.78, 5) is 21.8. The minimum absolute atomic E-state index is 0.157. The molecular formula is C24H23N3O4S2. The zero-order valence-electron chi connectivity index (χ0n) is 18.5. The summed E-state index contributed by atoms with van der Waals surface area (Å²) in [5.41, 5.74) is 3.12. The summed E-state index contributed by atoms with van der Waals surface area (Å²) >= 11 is 2.84. The van der Waals surface area contributed by atoms with E-state index in [9.17, 15) is 4.79 Å². The van der Waals surface area contributed by atoms with Crippen molar-refractivity contribution in [2.75, 3.05) is 26.1 Å². The number of carbonyl (C=O) groups excluding carboxylic acids is 1. The number of nitrogens with zero attached hydrogens (tertiary/aromatic N) is 2. The largest absolute Gasteiger partial charge is 0.497 e. The fourth-order valence-electron chi connectivity index (χ4n) is 3.23. The number of carbonyl (C=O) groups is 1. The van der Waals surface area contributed by atoms with Crippen molar-refractivity contribution in [3.05, 3.63) is 58.9 Å². The summed E-state index contributed by atoms with van der Waals surface area (Å²) in [5.74, 6) is 1.99. The Hall–Kier alpha value is -3.43. The number of para-hydroxylation sites is 1. The number of thiazole rings is 2. The van der Waals surface area contributed by atoms with Crippen molar-refractivity contribution in [2.24, 2.45) is 0 Å². The van der Waals surface area contributed by atoms with Crippen molar-refractivity contribution in [1.29, 1.82) is 0 Å². The molecular weight excluding hydrogens is 458 g/mol. The van der Waals surface area contributed by atoms with Crippen LogP contribution in [0.1, 0.15) is 12.6 Å². The predicted octanol–water partition coefficient (Wildman–Crippen LogP) is 5.53. The summed E-state index contributed by atoms with van der Waals surface area (Å²) in [6.45, 7) is 2.53. The van der Waals surface area contributed by atoms with E-state index < -0.39 is 0 Å². The van der Waals surface area contributed by atoms with Crippen LogP contribution in [0.15, 0.2) is 53.2 Å². The summed E-state index contributed by atoms with van der Waals surface area (Å²) in [5, 5.41) is 7.97. The van der Waals surface area contributed by atoms with Crippen molar-refractivity contribution in [3.8, 4) is 39.1 Å². The van der Waals surface area contributed by atoms with E-state index in [1.807, 2.05) is 60.1 Å². The van der Waals surface area contributed by atoms with Gasteiger partial charge >= 0.3 is 0 Å². The van der Waals surface area contributed by atoms with Crippen LogP contribution in [0.2, 0.25) is 0 Å². The molecule has 0 aliphatic rings. The number of hydrogen-bond acceptors (Lipinski definition) is 8. The van der Waals surface area contributed by atoms with Crippen LogP contribution in [0, 0.1) is 0 Å². The Kier molecular flexibility index (Phi) is 7.21. The first-order valence-electron chi connectivity index (χ1n) is 10.3. The first-order chi connectivity index (χ1) is 16.1. The van der Waals surface area contributed by atoms with Gasteiger partial charge in [-0.3, -0.25) is 4.79 Å². The maximum atomic E-state index is 12.6. The summed E-state index contributed by atoms with van der Waals surface area (Å²) < 4.78 is 16.4. The zero-order valence-corrected chi connectivity index (χ0v) is 20.1. The Labute approximate surface area is 200 Å². The van der Waals surface area contributed by atoms with Gasteiger partial charge in [-0.15, -0.1) is 22.7 Å². The SMILES string of the molecule is CCOc1ccccc1-c1nc(CC(=O)Nc2nc(-c3cc(OC)ccc3OC)cs2)cs1. The molecule has 4 rings (SSSR count). The van der Waals surface area contributed by atoms with Crippen LogP contribution in [-0.4, -0.2) is 36.7 Å². The Balaban J connectivity index is 1.45. The molecule has 2 aromatic carbocycles. The third kappa shape index (κ3) is 5.32. The molecule has 4 aromatic rings. The molecule has 170 valence electrons. The van der Waals surface area contributed by atoms with Gasteiger partial charge in [0.2, 0.25) is 5.91 Å². The third-order valence-corrected chi connectivity index (χ3v) is 6.43. The standard InChI is InChI=1S/C24H23N3O4S2/c1-4-31-21-8-6-5-7-17(21)23-25-15(13-32-23)11-22(28)27-24-26-19(14-33-24)18-12-16(29-2)9-10-20(18)30-3/h5-10,12-14H,4,11H2,1-3H3,(H,26,27,28). The van der Waals surface area contributed by atoms with Gasteiger partial charge in [0.25, 0.3) is 0 Å². The lowest BCUT2D eigenvalue weighted by Crippen LogP contribution is -2.14. The molecule has 7 nitrogen and oxygen atoms in total. The molecule has 33 heavy (non-hydrogen) atoms. The number of methoxy groups -OCH3 is 2. The van der Waals surface area contributed by atoms with E-state index in [-0.39, 0.29) is 12.3 Å². The van der Waals surface area contributed by atoms with Gasteiger partial charge in [0.05, 0.1) is 44.2 Å². The van der Waals surface area contributed by atoms with Crippen LogP contribution >= 0.6 is 22.7 Å². The number of hydrogen-bond donors (Lipinski definition) is 1. The van der Waals surface area contributed by atoms with E-state index in [0.29, 0.717) is 34.6 Å². The van der Waals surface area contributed by atoms with E-state index in [2.05, 4.69) is 15.3 Å². The second-order valence-corrected chi connectivity index (χ2v) is 8.62. The zero-order chi connectivity index (χ0) is 23.2. The van der Waals surface area contributed by atoms with E-state index >= 15 is 0 Å². The lowest BCUT2D eigenvalue weighted by Gasteiger charge is -2.08. The van der Waals surface area contributed by atoms with Crippen molar-refractivity contribution in [3.63, 3.8) is 0 Å². The van der Waals surface area contributed by atoms with E-state index in [1.165, 1.54) is 22.7 Å². The van der Waals surface area contributed by atoms with E-state index in [4.69, 9.17) is 14.2 Å². The highest BCUT2D eigenvalue weighted by Gasteiger charge is 2.15. The number of amides is 1. The lowest BCUT2D eigenvalue weighted by atomic mass is 10.1. The minimum Gasteiger partial charge on any atom is -0.497 e. The van der Waals surface area contributed by atoms with Gasteiger partial charge in [-0.05, 0) is 37.3 Å². The van der Waals surface area contributed by atoms with Crippen molar-refractivity contribution in [2.45, 2.75) is 13.3 Å². The van der Waals surface area contributed by atoms with Crippen LogP contribution in [0.3, 0.4) is 0 Å². The molecule has 1 amide bonds. The normalized spacial score (nSPS) is 10.6. The fourth-order valence-corrected chi connectivity index (χ4v) is 4.81. The van der Waals surface area contributed by atoms with E-state index in [1.54, 1.807) is 14.2 Å². The Morgan fingerprint density at radius 1 is 0.970 bits per heavy atom. The van der Waals surface area contributed by atoms with Crippen LogP contribution in [0.4, 0.5) is 5.13 Å². The Morgan fingerprint density at radius 3 is 2.61 bits per heavy atom. The predicted molar refractivity (Wildman–Crippen MR) is 132 cm³/mol. The van der Waals surface area contributed by atoms with Gasteiger partial charge in [-0.1, -0.05) is 12.1 Å². The number of ether oxygens (including phenoxy) is 3. The molecule has 2 heterocycles. The number of nitrogens with one attached hydrogen (secondary N) is 1. The average Bonchev–Trinajstić information content (AvgIpc) is 3.49. The van der Waals surface area contributed by atoms with Gasteiger partial charge in [0, 0.05) is 16.3 Å². The highest BCUT2D eigenvalue weighted by Crippen LogP contribution is 2.35. The summed E-state index contributed by atoms with van der Waals surface area (Å²) in [7, 11) is 3.22. The highest BCUT2D eigenvalue weighted by atomic mass is 32.1. The molecule has 0 fully saturated rings. The van der Waals surface area contributed by atoms with Crippen LogP contribution in [0.25, 0.3) is 21.8 Å². The monoisotopic (exact) mass is 481 g/mol. The van der Waals surface area contributed by atoms with Gasteiger partial charge in [-0.2, -0.15) is 0 Å². The van der Waals surface area contributed by atoms with Gasteiger partial charge < -0.3 is 19.5 Å². The van der Waals surface area contributed by atoms with Gasteiger partial charge in [0.15, 0.2) is 5.13 Å². The smallest absolute Gasteiger partial charge is 0.232 e. The van der Waals surface area contributed by atoms with Crippen molar-refractivity contribution >= 4 is 33.7 Å². The third-order valence-electron chi connectivity index (χ3n) is 4.74. The Morgan fingerprint density at radius 2 is 1.82 bits per heavy atom. The second-order valence-electron chi connectivity index (χ2n) is 6.90. The van der Waals surface area contributed by atoms with Crippen molar-refractivity contribution < 1.29 is 19.0 Å². The molecule has 0 radical (unpaired) electrons. The molecule has 0 unspecified atom stereocenters. The minimum atomic E-state index is -0.177. The van der Waals surface area contributed by atoms with Crippen molar-refractivity contribution in [1.82, 2.24) is 9.97 Å². The first kappa shape index (κ1) is 22.8. The molecule has 2 aromatic heterocycles. The van der Waals surface area contributed by atoms with Gasteiger partial charge in [-0.25, -0.2) is 9.97 Å². The second kappa shape index (κ2) is 10.5. The van der Waals surface area contributed by atoms with Crippen LogP contribution < -0.4 is 19.5 Å². The first-order valence-corrected chi connectivity index (χ1v) is 12.0. The summed E-state index contributed by atoms with van der Waals surface area (Å²) in [6, 6.07) is 13.3. The summed E-state index contributed by atoms with van der Waals surface area (Å²) in [6.07, 6.45) is 0.157. The number of anilines is 1. The molecule has 9 heteroatoms. The van der Waals surface area contributed by atoms with Gasteiger partial charge in [0.1, 0.15) is 22.3 Å². The number of rotatable bonds is 9. The maximum Gasteiger partial charge on any atom is 0.232 e. The molecule has 0 aliphatic heterocycles. The quantitative estimate of drug-likeness (QED) is 0.338. The van der Waals surface area contributed by atoms with Crippen LogP contribution in [-0.2, 0) is 11.2 Å². The fraction of sp³-hybridized carbons (Fsp3) is 0.208. The molecule has 0 spiro atoms. The highest BCUT2D eigenvalue weighted by molar-refractivity contribution is 7.14. The number of benzene rings is 2. The molecule has 0 atom stereocenters. The molecule has 0 saturated carbocycles. The average molecular weight is 482 g/mol. The molecule has 0 saturated heterocycles. The number of aromatic nitrogens is 2. The molecule has 0 bridgehead atoms. The molecule has 0 aliphatic carbocycles. The van der Waals surface area contributed by atoms with E-state index in [0.717, 1.165) is 21.9 Å². The lowest BCUT2D eigenvalue weighted by molar-refractivity contribution is -0.115. The molecule has 1 N–H and O–H groups in total.